The highest BCUT2D eigenvalue weighted by atomic mass is 16.6. The van der Waals surface area contributed by atoms with Gasteiger partial charge in [-0.15, -0.1) is 0 Å². The Bertz CT molecular complexity index is 530. The molecule has 0 fully saturated rings. The van der Waals surface area contributed by atoms with Crippen LogP contribution in [0.3, 0.4) is 0 Å². The van der Waals surface area contributed by atoms with Gasteiger partial charge in [0.2, 0.25) is 5.91 Å². The molecule has 0 spiro atoms. The van der Waals surface area contributed by atoms with Crippen LogP contribution in [0.25, 0.3) is 0 Å². The lowest BCUT2D eigenvalue weighted by Gasteiger charge is -2.21. The molecule has 0 radical (unpaired) electrons. The van der Waals surface area contributed by atoms with Crippen LogP contribution in [0, 0.1) is 26.9 Å². The normalized spacial score (nSPS) is 10.6. The lowest BCUT2D eigenvalue weighted by atomic mass is 9.83. The molecule has 0 aliphatic heterocycles. The maximum absolute atomic E-state index is 12.1. The van der Waals surface area contributed by atoms with Gasteiger partial charge in [-0.05, 0) is 18.9 Å². The topological polar surface area (TPSA) is 96.0 Å². The van der Waals surface area contributed by atoms with Crippen LogP contribution >= 0.6 is 0 Å². The summed E-state index contributed by atoms with van der Waals surface area (Å²) in [5.74, 6) is -0.430. The lowest BCUT2D eigenvalue weighted by Crippen LogP contribution is -2.33. The standard InChI is InChI=1S/C13H15N3O3/c1-3-13(4-2,9-14)12(17)15-10-6-5-7-11(8-10)16(18)19/h5-8H,3-4H2,1-2H3,(H,15,17). The number of nitro groups is 1. The minimum absolute atomic E-state index is 0.103. The van der Waals surface area contributed by atoms with E-state index in [2.05, 4.69) is 5.32 Å². The number of carbonyl (C=O) groups is 1. The zero-order valence-corrected chi connectivity index (χ0v) is 10.8. The summed E-state index contributed by atoms with van der Waals surface area (Å²) in [7, 11) is 0. The van der Waals surface area contributed by atoms with Crippen molar-refractivity contribution in [2.45, 2.75) is 26.7 Å². The first-order valence-electron chi connectivity index (χ1n) is 5.96. The summed E-state index contributed by atoms with van der Waals surface area (Å²) >= 11 is 0. The zero-order chi connectivity index (χ0) is 14.5. The van der Waals surface area contributed by atoms with E-state index in [1.807, 2.05) is 6.07 Å². The number of nitriles is 1. The number of non-ortho nitro benzene ring substituents is 1. The summed E-state index contributed by atoms with van der Waals surface area (Å²) in [5.41, 5.74) is -0.876. The molecule has 1 amide bonds. The molecule has 1 rings (SSSR count). The largest absolute Gasteiger partial charge is 0.324 e. The fourth-order valence-corrected chi connectivity index (χ4v) is 1.73. The molecular weight excluding hydrogens is 246 g/mol. The number of hydrogen-bond donors (Lipinski definition) is 1. The van der Waals surface area contributed by atoms with Crippen LogP contribution in [0.4, 0.5) is 11.4 Å². The Morgan fingerprint density at radius 2 is 2.11 bits per heavy atom. The van der Waals surface area contributed by atoms with E-state index in [0.717, 1.165) is 0 Å². The van der Waals surface area contributed by atoms with E-state index < -0.39 is 16.2 Å². The Balaban J connectivity index is 2.97. The third-order valence-corrected chi connectivity index (χ3v) is 3.17. The van der Waals surface area contributed by atoms with Gasteiger partial charge in [0.15, 0.2) is 0 Å². The fraction of sp³-hybridized carbons (Fsp3) is 0.385. The lowest BCUT2D eigenvalue weighted by molar-refractivity contribution is -0.384. The second-order valence-electron chi connectivity index (χ2n) is 4.16. The minimum Gasteiger partial charge on any atom is -0.324 e. The Hall–Kier alpha value is -2.42. The van der Waals surface area contributed by atoms with E-state index in [4.69, 9.17) is 5.26 Å². The average Bonchev–Trinajstić information content (AvgIpc) is 2.41. The number of nitrogens with one attached hydrogen (secondary N) is 1. The quantitative estimate of drug-likeness (QED) is 0.651. The number of hydrogen-bond acceptors (Lipinski definition) is 4. The molecule has 0 aliphatic carbocycles. The zero-order valence-electron chi connectivity index (χ0n) is 10.8. The van der Waals surface area contributed by atoms with E-state index in [1.54, 1.807) is 19.9 Å². The van der Waals surface area contributed by atoms with Gasteiger partial charge in [0, 0.05) is 17.8 Å². The molecule has 19 heavy (non-hydrogen) atoms. The van der Waals surface area contributed by atoms with Crippen LogP contribution in [-0.2, 0) is 4.79 Å². The highest BCUT2D eigenvalue weighted by molar-refractivity contribution is 5.97. The molecule has 0 saturated heterocycles. The van der Waals surface area contributed by atoms with Gasteiger partial charge in [-0.3, -0.25) is 14.9 Å². The molecular formula is C13H15N3O3. The van der Waals surface area contributed by atoms with E-state index in [1.165, 1.54) is 18.2 Å². The number of nitro benzene ring substituents is 1. The van der Waals surface area contributed by atoms with Crippen molar-refractivity contribution in [2.75, 3.05) is 5.32 Å². The van der Waals surface area contributed by atoms with Gasteiger partial charge in [-0.1, -0.05) is 19.9 Å². The van der Waals surface area contributed by atoms with Gasteiger partial charge in [0.1, 0.15) is 5.41 Å². The van der Waals surface area contributed by atoms with Crippen LogP contribution in [0.2, 0.25) is 0 Å². The van der Waals surface area contributed by atoms with Gasteiger partial charge in [0.25, 0.3) is 5.69 Å². The molecule has 1 N–H and O–H groups in total. The van der Waals surface area contributed by atoms with Crippen molar-refractivity contribution < 1.29 is 9.72 Å². The number of anilines is 1. The summed E-state index contributed by atoms with van der Waals surface area (Å²) in [6.07, 6.45) is 0.779. The van der Waals surface area contributed by atoms with Crippen molar-refractivity contribution >= 4 is 17.3 Å². The third-order valence-electron chi connectivity index (χ3n) is 3.17. The van der Waals surface area contributed by atoms with Crippen molar-refractivity contribution in [3.63, 3.8) is 0 Å². The molecule has 0 aliphatic rings. The Morgan fingerprint density at radius 1 is 1.47 bits per heavy atom. The van der Waals surface area contributed by atoms with Crippen LogP contribution in [0.15, 0.2) is 24.3 Å². The van der Waals surface area contributed by atoms with E-state index in [9.17, 15) is 14.9 Å². The number of benzene rings is 1. The summed E-state index contributed by atoms with van der Waals surface area (Å²) < 4.78 is 0. The fourth-order valence-electron chi connectivity index (χ4n) is 1.73. The van der Waals surface area contributed by atoms with E-state index in [-0.39, 0.29) is 5.69 Å². The van der Waals surface area contributed by atoms with E-state index >= 15 is 0 Å². The van der Waals surface area contributed by atoms with Crippen molar-refractivity contribution in [1.29, 1.82) is 5.26 Å². The summed E-state index contributed by atoms with van der Waals surface area (Å²) in [5, 5.41) is 22.4. The Labute approximate surface area is 111 Å². The molecule has 0 bridgehead atoms. The van der Waals surface area contributed by atoms with Gasteiger partial charge in [-0.2, -0.15) is 5.26 Å². The SMILES string of the molecule is CCC(C#N)(CC)C(=O)Nc1cccc([N+](=O)[O-])c1. The predicted molar refractivity (Wildman–Crippen MR) is 70.4 cm³/mol. The van der Waals surface area contributed by atoms with Gasteiger partial charge >= 0.3 is 0 Å². The number of nitrogens with zero attached hydrogens (tertiary/aromatic N) is 2. The first-order chi connectivity index (χ1) is 8.99. The number of amides is 1. The highest BCUT2D eigenvalue weighted by Gasteiger charge is 2.35. The monoisotopic (exact) mass is 261 g/mol. The maximum atomic E-state index is 12.1. The first kappa shape index (κ1) is 14.6. The van der Waals surface area contributed by atoms with Crippen molar-refractivity contribution in [3.05, 3.63) is 34.4 Å². The molecule has 0 heterocycles. The van der Waals surface area contributed by atoms with Crippen molar-refractivity contribution in [1.82, 2.24) is 0 Å². The number of carbonyl (C=O) groups excluding carboxylic acids is 1. The summed E-state index contributed by atoms with van der Waals surface area (Å²) in [4.78, 5) is 22.2. The predicted octanol–water partition coefficient (Wildman–Crippen LogP) is 2.86. The molecule has 6 heteroatoms. The molecule has 100 valence electrons. The van der Waals surface area contributed by atoms with Crippen LogP contribution in [-0.4, -0.2) is 10.8 Å². The van der Waals surface area contributed by atoms with Gasteiger partial charge in [0.05, 0.1) is 11.0 Å². The minimum atomic E-state index is -1.09. The summed E-state index contributed by atoms with van der Waals surface area (Å²) in [6, 6.07) is 7.68. The second kappa shape index (κ2) is 5.96. The molecule has 0 aromatic heterocycles. The number of rotatable bonds is 5. The molecule has 0 atom stereocenters. The molecule has 0 saturated carbocycles. The Morgan fingerprint density at radius 3 is 2.58 bits per heavy atom. The van der Waals surface area contributed by atoms with Crippen molar-refractivity contribution in [3.8, 4) is 6.07 Å². The van der Waals surface area contributed by atoms with Gasteiger partial charge in [-0.25, -0.2) is 0 Å². The third kappa shape index (κ3) is 3.07. The van der Waals surface area contributed by atoms with Crippen LogP contribution in [0.5, 0.6) is 0 Å². The maximum Gasteiger partial charge on any atom is 0.271 e. The summed E-state index contributed by atoms with van der Waals surface area (Å²) in [6.45, 7) is 3.53. The van der Waals surface area contributed by atoms with Gasteiger partial charge < -0.3 is 5.32 Å². The molecule has 6 nitrogen and oxygen atoms in total. The van der Waals surface area contributed by atoms with Crippen molar-refractivity contribution in [2.24, 2.45) is 5.41 Å². The molecule has 1 aromatic carbocycles. The average molecular weight is 261 g/mol. The second-order valence-corrected chi connectivity index (χ2v) is 4.16. The first-order valence-corrected chi connectivity index (χ1v) is 5.96. The molecule has 0 unspecified atom stereocenters. The van der Waals surface area contributed by atoms with Crippen LogP contribution < -0.4 is 5.32 Å². The smallest absolute Gasteiger partial charge is 0.271 e. The molecule has 1 aromatic rings. The highest BCUT2D eigenvalue weighted by Crippen LogP contribution is 2.28. The Kier molecular flexibility index (Phi) is 4.59. The van der Waals surface area contributed by atoms with E-state index in [0.29, 0.717) is 18.5 Å². The van der Waals surface area contributed by atoms with Crippen LogP contribution in [0.1, 0.15) is 26.7 Å².